The third kappa shape index (κ3) is 2.98. The summed E-state index contributed by atoms with van der Waals surface area (Å²) in [5.74, 6) is -0.547. The van der Waals surface area contributed by atoms with Gasteiger partial charge in [0.2, 0.25) is 5.91 Å². The minimum atomic E-state index is -1.14. The Balaban J connectivity index is 1.78. The van der Waals surface area contributed by atoms with Crippen molar-refractivity contribution in [3.8, 4) is 0 Å². The van der Waals surface area contributed by atoms with Crippen LogP contribution in [0.25, 0.3) is 0 Å². The van der Waals surface area contributed by atoms with Crippen molar-refractivity contribution >= 4 is 23.7 Å². The van der Waals surface area contributed by atoms with Crippen molar-refractivity contribution in [1.29, 1.82) is 0 Å². The van der Waals surface area contributed by atoms with Crippen molar-refractivity contribution in [2.75, 3.05) is 11.9 Å². The summed E-state index contributed by atoms with van der Waals surface area (Å²) in [6.45, 7) is 1.46. The largest absolute Gasteiger partial charge is 0.325 e. The molecule has 130 valence electrons. The molecule has 1 atom stereocenters. The molecule has 0 saturated carbocycles. The summed E-state index contributed by atoms with van der Waals surface area (Å²) in [5, 5.41) is 9.35. The van der Waals surface area contributed by atoms with Gasteiger partial charge in [0.1, 0.15) is 12.1 Å². The third-order valence-corrected chi connectivity index (χ3v) is 4.26. The quantitative estimate of drug-likeness (QED) is 0.799. The highest BCUT2D eigenvalue weighted by Gasteiger charge is 2.51. The fourth-order valence-electron chi connectivity index (χ4n) is 2.94. The van der Waals surface area contributed by atoms with Crippen LogP contribution in [-0.2, 0) is 22.2 Å². The van der Waals surface area contributed by atoms with E-state index in [0.717, 1.165) is 4.90 Å². The summed E-state index contributed by atoms with van der Waals surface area (Å²) in [5.41, 5.74) is -0.438. The average Bonchev–Trinajstić information content (AvgIpc) is 3.11. The van der Waals surface area contributed by atoms with Gasteiger partial charge in [0, 0.05) is 19.3 Å². The van der Waals surface area contributed by atoms with Crippen molar-refractivity contribution in [1.82, 2.24) is 20.0 Å². The Kier molecular flexibility index (Phi) is 4.26. The number of anilines is 1. The molecule has 1 aromatic carbocycles. The lowest BCUT2D eigenvalue weighted by molar-refractivity contribution is -0.134. The van der Waals surface area contributed by atoms with E-state index < -0.39 is 23.4 Å². The zero-order valence-corrected chi connectivity index (χ0v) is 14.0. The Morgan fingerprint density at radius 2 is 1.96 bits per heavy atom. The van der Waals surface area contributed by atoms with Gasteiger partial charge in [-0.3, -0.25) is 19.2 Å². The molecule has 1 fully saturated rings. The Hall–Kier alpha value is -3.16. The fourth-order valence-corrected chi connectivity index (χ4v) is 2.94. The van der Waals surface area contributed by atoms with Crippen LogP contribution in [0.1, 0.15) is 18.9 Å². The van der Waals surface area contributed by atoms with Crippen LogP contribution in [0.3, 0.4) is 0 Å². The lowest BCUT2D eigenvalue weighted by Gasteiger charge is -2.25. The van der Waals surface area contributed by atoms with Gasteiger partial charge < -0.3 is 10.6 Å². The van der Waals surface area contributed by atoms with E-state index >= 15 is 0 Å². The van der Waals surface area contributed by atoms with Crippen LogP contribution in [0, 0.1) is 0 Å². The van der Waals surface area contributed by atoms with E-state index in [9.17, 15) is 14.4 Å². The van der Waals surface area contributed by atoms with E-state index in [4.69, 9.17) is 0 Å². The predicted molar refractivity (Wildman–Crippen MR) is 90.5 cm³/mol. The van der Waals surface area contributed by atoms with Gasteiger partial charge in [0.05, 0.1) is 0 Å². The molecule has 1 aliphatic heterocycles. The number of benzene rings is 1. The fraction of sp³-hybridized carbons (Fsp3) is 0.294. The molecule has 8 nitrogen and oxygen atoms in total. The molecule has 0 spiro atoms. The van der Waals surface area contributed by atoms with E-state index in [0.29, 0.717) is 17.8 Å². The number of hydrogen-bond donors (Lipinski definition) is 2. The lowest BCUT2D eigenvalue weighted by atomic mass is 9.87. The number of carbonyl (C=O) groups is 3. The number of imide groups is 1. The Morgan fingerprint density at radius 3 is 2.56 bits per heavy atom. The molecule has 25 heavy (non-hydrogen) atoms. The molecule has 2 aromatic rings. The summed E-state index contributed by atoms with van der Waals surface area (Å²) in [7, 11) is 1.72. The van der Waals surface area contributed by atoms with Gasteiger partial charge in [0.25, 0.3) is 5.91 Å². The minimum Gasteiger partial charge on any atom is -0.319 e. The van der Waals surface area contributed by atoms with Crippen molar-refractivity contribution < 1.29 is 14.4 Å². The van der Waals surface area contributed by atoms with Crippen LogP contribution in [-0.4, -0.2) is 39.1 Å². The second-order valence-electron chi connectivity index (χ2n) is 5.87. The van der Waals surface area contributed by atoms with Gasteiger partial charge in [-0.15, -0.1) is 0 Å². The average molecular weight is 341 g/mol. The van der Waals surface area contributed by atoms with E-state index in [1.165, 1.54) is 0 Å². The molecule has 0 aliphatic carbocycles. The Labute approximate surface area is 144 Å². The highest BCUT2D eigenvalue weighted by molar-refractivity contribution is 6.10. The molecule has 1 aliphatic rings. The number of carbonyl (C=O) groups excluding carboxylic acids is 3. The van der Waals surface area contributed by atoms with Crippen LogP contribution in [0.15, 0.2) is 42.6 Å². The van der Waals surface area contributed by atoms with Gasteiger partial charge in [0.15, 0.2) is 5.82 Å². The first-order chi connectivity index (χ1) is 12.0. The number of amides is 4. The molecule has 2 N–H and O–H groups in total. The number of aryl methyl sites for hydroxylation is 1. The first-order valence-corrected chi connectivity index (χ1v) is 7.95. The van der Waals surface area contributed by atoms with Crippen LogP contribution in [0.4, 0.5) is 10.6 Å². The minimum absolute atomic E-state index is 0.365. The molecular weight excluding hydrogens is 322 g/mol. The van der Waals surface area contributed by atoms with Crippen LogP contribution in [0.2, 0.25) is 0 Å². The zero-order chi connectivity index (χ0) is 18.0. The maximum Gasteiger partial charge on any atom is 0.325 e. The molecule has 4 amide bonds. The highest BCUT2D eigenvalue weighted by atomic mass is 16.2. The summed E-state index contributed by atoms with van der Waals surface area (Å²) in [4.78, 5) is 38.3. The molecule has 0 bridgehead atoms. The zero-order valence-electron chi connectivity index (χ0n) is 14.0. The second kappa shape index (κ2) is 6.39. The topological polar surface area (TPSA) is 96.3 Å². The first-order valence-electron chi connectivity index (χ1n) is 7.95. The lowest BCUT2D eigenvalue weighted by Crippen LogP contribution is -2.44. The van der Waals surface area contributed by atoms with Crippen molar-refractivity contribution in [3.05, 3.63) is 48.2 Å². The second-order valence-corrected chi connectivity index (χ2v) is 5.87. The van der Waals surface area contributed by atoms with Crippen molar-refractivity contribution in [3.63, 3.8) is 0 Å². The maximum atomic E-state index is 12.9. The van der Waals surface area contributed by atoms with Crippen LogP contribution >= 0.6 is 0 Å². The summed E-state index contributed by atoms with van der Waals surface area (Å²) < 4.78 is 1.54. The van der Waals surface area contributed by atoms with Gasteiger partial charge in [-0.1, -0.05) is 37.3 Å². The van der Waals surface area contributed by atoms with Gasteiger partial charge >= 0.3 is 6.03 Å². The van der Waals surface area contributed by atoms with E-state index in [-0.39, 0.29) is 6.54 Å². The first kappa shape index (κ1) is 16.7. The summed E-state index contributed by atoms with van der Waals surface area (Å²) in [6.07, 6.45) is 2.07. The number of nitrogens with zero attached hydrogens (tertiary/aromatic N) is 3. The molecular formula is C17H19N5O3. The standard InChI is InChI=1S/C17H19N5O3/c1-3-17(12-7-5-4-6-8-12)15(24)22(16(25)19-17)11-14(23)18-13-9-10-21(2)20-13/h4-10H,3,11H2,1-2H3,(H,19,25)(H,18,20,23)/t17-/m0/s1. The van der Waals surface area contributed by atoms with E-state index in [1.54, 1.807) is 36.1 Å². The Morgan fingerprint density at radius 1 is 1.24 bits per heavy atom. The van der Waals surface area contributed by atoms with Crippen molar-refractivity contribution in [2.24, 2.45) is 7.05 Å². The number of aromatic nitrogens is 2. The number of rotatable bonds is 5. The molecule has 2 heterocycles. The monoisotopic (exact) mass is 341 g/mol. The normalized spacial score (nSPS) is 19.8. The third-order valence-electron chi connectivity index (χ3n) is 4.26. The Bertz CT molecular complexity index is 817. The van der Waals surface area contributed by atoms with E-state index in [1.807, 2.05) is 25.1 Å². The number of hydrogen-bond acceptors (Lipinski definition) is 4. The van der Waals surface area contributed by atoms with E-state index in [2.05, 4.69) is 15.7 Å². The summed E-state index contributed by atoms with van der Waals surface area (Å²) in [6, 6.07) is 10.1. The number of nitrogens with one attached hydrogen (secondary N) is 2. The molecule has 8 heteroatoms. The molecule has 0 radical (unpaired) electrons. The van der Waals surface area contributed by atoms with Crippen LogP contribution in [0.5, 0.6) is 0 Å². The highest BCUT2D eigenvalue weighted by Crippen LogP contribution is 2.32. The van der Waals surface area contributed by atoms with Gasteiger partial charge in [-0.25, -0.2) is 4.79 Å². The predicted octanol–water partition coefficient (Wildman–Crippen LogP) is 1.22. The SMILES string of the molecule is CC[C@@]1(c2ccccc2)NC(=O)N(CC(=O)Nc2ccn(C)n2)C1=O. The van der Waals surface area contributed by atoms with Crippen LogP contribution < -0.4 is 10.6 Å². The molecule has 1 saturated heterocycles. The number of urea groups is 1. The van der Waals surface area contributed by atoms with Gasteiger partial charge in [-0.2, -0.15) is 5.10 Å². The molecule has 3 rings (SSSR count). The molecule has 1 aromatic heterocycles. The molecule has 0 unspecified atom stereocenters. The summed E-state index contributed by atoms with van der Waals surface area (Å²) >= 11 is 0. The smallest absolute Gasteiger partial charge is 0.319 e. The van der Waals surface area contributed by atoms with Crippen molar-refractivity contribution in [2.45, 2.75) is 18.9 Å². The maximum absolute atomic E-state index is 12.9. The van der Waals surface area contributed by atoms with Gasteiger partial charge in [-0.05, 0) is 12.0 Å².